The van der Waals surface area contributed by atoms with Crippen LogP contribution in [0.2, 0.25) is 0 Å². The number of nitrogens with zero attached hydrogens (tertiary/aromatic N) is 2. The Kier molecular flexibility index (Phi) is 6.23. The molecular formula is C8H16ClF6N2P. The Morgan fingerprint density at radius 3 is 1.67 bits per heavy atom. The van der Waals surface area contributed by atoms with Gasteiger partial charge >= 0.3 is 33.0 Å². The Bertz CT molecular complexity index is 316. The Labute approximate surface area is 107 Å². The van der Waals surface area contributed by atoms with E-state index in [1.165, 1.54) is 0 Å². The van der Waals surface area contributed by atoms with Crippen LogP contribution < -0.4 is 0 Å². The predicted octanol–water partition coefficient (Wildman–Crippen LogP) is 4.74. The number of rotatable bonds is 3. The Hall–Kier alpha value is -0.490. The van der Waals surface area contributed by atoms with Gasteiger partial charge in [-0.25, -0.2) is 4.58 Å². The molecule has 0 amide bonds. The summed E-state index contributed by atoms with van der Waals surface area (Å²) in [5, 5.41) is 0.851. The van der Waals surface area contributed by atoms with Crippen LogP contribution in [0.4, 0.5) is 25.2 Å². The summed E-state index contributed by atoms with van der Waals surface area (Å²) in [6, 6.07) is 0. The molecule has 18 heavy (non-hydrogen) atoms. The number of halogens is 7. The first-order valence-corrected chi connectivity index (χ1v) is 6.97. The van der Waals surface area contributed by atoms with Gasteiger partial charge in [-0.15, -0.1) is 0 Å². The summed E-state index contributed by atoms with van der Waals surface area (Å²) in [5.74, 6) is 0. The molecule has 0 aliphatic carbocycles. The van der Waals surface area contributed by atoms with Crippen LogP contribution in [0.5, 0.6) is 0 Å². The van der Waals surface area contributed by atoms with Gasteiger partial charge in [0.2, 0.25) is 0 Å². The molecule has 0 aromatic rings. The second-order valence-corrected chi connectivity index (χ2v) is 6.25. The zero-order valence-electron chi connectivity index (χ0n) is 10.3. The van der Waals surface area contributed by atoms with Crippen molar-refractivity contribution >= 4 is 25.6 Å². The van der Waals surface area contributed by atoms with E-state index in [9.17, 15) is 25.2 Å². The molecule has 0 spiro atoms. The first kappa shape index (κ1) is 19.8. The van der Waals surface area contributed by atoms with E-state index in [2.05, 4.69) is 0 Å². The monoisotopic (exact) mass is 320 g/mol. The van der Waals surface area contributed by atoms with Gasteiger partial charge in [0.1, 0.15) is 20.3 Å². The van der Waals surface area contributed by atoms with Crippen molar-refractivity contribution < 1.29 is 29.8 Å². The molecule has 2 nitrogen and oxygen atoms in total. The van der Waals surface area contributed by atoms with E-state index in [0.29, 0.717) is 0 Å². The summed E-state index contributed by atoms with van der Waals surface area (Å²) in [4.78, 5) is 1.94. The van der Waals surface area contributed by atoms with Crippen LogP contribution >= 0.6 is 19.4 Å². The zero-order chi connectivity index (χ0) is 15.3. The van der Waals surface area contributed by atoms with E-state index in [4.69, 9.17) is 11.6 Å². The molecule has 0 fully saturated rings. The van der Waals surface area contributed by atoms with Crippen LogP contribution in [-0.4, -0.2) is 43.9 Å². The summed E-state index contributed by atoms with van der Waals surface area (Å²) in [6.07, 6.45) is 4.73. The standard InChI is InChI=1S/C8H16ClN2.F6P/c1-10(2)6-5-8(9)7-11(3)4;1-7(2,3,4,5)6/h6-7H,5H2,1-4H3;/q+1;-1/b8-7+;. The fraction of sp³-hybridized carbons (Fsp3) is 0.625. The Morgan fingerprint density at radius 2 is 1.44 bits per heavy atom. The maximum atomic E-state index is 9.87. The van der Waals surface area contributed by atoms with Crippen molar-refractivity contribution in [2.24, 2.45) is 0 Å². The van der Waals surface area contributed by atoms with Gasteiger partial charge < -0.3 is 4.90 Å². The van der Waals surface area contributed by atoms with Gasteiger partial charge in [0, 0.05) is 25.3 Å². The van der Waals surface area contributed by atoms with Gasteiger partial charge in [-0.1, -0.05) is 11.6 Å². The summed E-state index contributed by atoms with van der Waals surface area (Å²) in [6.45, 7) is 0. The number of allylic oxidation sites excluding steroid dienone is 1. The van der Waals surface area contributed by atoms with Crippen molar-refractivity contribution in [3.05, 3.63) is 11.2 Å². The van der Waals surface area contributed by atoms with Crippen molar-refractivity contribution in [2.75, 3.05) is 28.2 Å². The minimum atomic E-state index is -10.7. The van der Waals surface area contributed by atoms with E-state index in [1.807, 2.05) is 50.1 Å². The van der Waals surface area contributed by atoms with Crippen LogP contribution in [0.3, 0.4) is 0 Å². The van der Waals surface area contributed by atoms with E-state index in [-0.39, 0.29) is 0 Å². The summed E-state index contributed by atoms with van der Waals surface area (Å²) in [5.41, 5.74) is 0. The van der Waals surface area contributed by atoms with Crippen LogP contribution in [0.25, 0.3) is 0 Å². The van der Waals surface area contributed by atoms with Crippen molar-refractivity contribution in [3.8, 4) is 0 Å². The summed E-state index contributed by atoms with van der Waals surface area (Å²) < 4.78 is 61.2. The number of hydrogen-bond acceptors (Lipinski definition) is 1. The minimum absolute atomic E-state index is 0.798. The first-order chi connectivity index (χ1) is 7.47. The predicted molar refractivity (Wildman–Crippen MR) is 64.0 cm³/mol. The molecule has 0 atom stereocenters. The molecule has 0 radical (unpaired) electrons. The third-order valence-corrected chi connectivity index (χ3v) is 1.30. The summed E-state index contributed by atoms with van der Waals surface area (Å²) >= 11 is 5.88. The van der Waals surface area contributed by atoms with E-state index in [0.717, 1.165) is 11.5 Å². The topological polar surface area (TPSA) is 6.25 Å². The second-order valence-electron chi connectivity index (χ2n) is 3.85. The van der Waals surface area contributed by atoms with Gasteiger partial charge in [-0.2, -0.15) is 0 Å². The molecule has 112 valence electrons. The molecule has 0 aliphatic rings. The molecule has 0 bridgehead atoms. The molecule has 0 heterocycles. The van der Waals surface area contributed by atoms with Crippen LogP contribution in [0.1, 0.15) is 6.42 Å². The molecule has 0 unspecified atom stereocenters. The van der Waals surface area contributed by atoms with Crippen molar-refractivity contribution in [1.82, 2.24) is 4.90 Å². The van der Waals surface area contributed by atoms with Crippen LogP contribution in [0, 0.1) is 0 Å². The molecule has 0 aliphatic heterocycles. The van der Waals surface area contributed by atoms with Gasteiger partial charge in [0.25, 0.3) is 0 Å². The third-order valence-electron chi connectivity index (χ3n) is 1.05. The van der Waals surface area contributed by atoms with E-state index < -0.39 is 7.81 Å². The molecule has 10 heteroatoms. The summed E-state index contributed by atoms with van der Waals surface area (Å²) in [7, 11) is -2.77. The van der Waals surface area contributed by atoms with Gasteiger partial charge in [-0.3, -0.25) is 0 Å². The normalized spacial score (nSPS) is 15.8. The molecule has 0 aromatic carbocycles. The maximum absolute atomic E-state index is 10.7. The van der Waals surface area contributed by atoms with Gasteiger partial charge in [0.15, 0.2) is 0 Å². The first-order valence-electron chi connectivity index (χ1n) is 4.56. The fourth-order valence-electron chi connectivity index (χ4n) is 0.603. The van der Waals surface area contributed by atoms with Gasteiger partial charge in [-0.05, 0) is 0 Å². The molecule has 0 aromatic heterocycles. The van der Waals surface area contributed by atoms with E-state index >= 15 is 0 Å². The molecule has 0 rings (SSSR count). The average molecular weight is 321 g/mol. The molecule has 0 saturated carbocycles. The Balaban J connectivity index is 0. The van der Waals surface area contributed by atoms with Crippen molar-refractivity contribution in [1.29, 1.82) is 0 Å². The van der Waals surface area contributed by atoms with E-state index in [1.54, 1.807) is 0 Å². The van der Waals surface area contributed by atoms with Crippen LogP contribution in [0.15, 0.2) is 11.2 Å². The van der Waals surface area contributed by atoms with Gasteiger partial charge in [0.05, 0.1) is 6.42 Å². The molecule has 0 N–H and O–H groups in total. The fourth-order valence-corrected chi connectivity index (χ4v) is 0.867. The van der Waals surface area contributed by atoms with Crippen molar-refractivity contribution in [2.45, 2.75) is 6.42 Å². The Morgan fingerprint density at radius 1 is 1.11 bits per heavy atom. The second kappa shape index (κ2) is 5.65. The van der Waals surface area contributed by atoms with Crippen LogP contribution in [-0.2, 0) is 0 Å². The molecule has 0 saturated heterocycles. The molecular weight excluding hydrogens is 305 g/mol. The number of hydrogen-bond donors (Lipinski definition) is 0. The zero-order valence-corrected chi connectivity index (χ0v) is 12.0. The quantitative estimate of drug-likeness (QED) is 0.315. The van der Waals surface area contributed by atoms with Crippen molar-refractivity contribution in [3.63, 3.8) is 0 Å². The average Bonchev–Trinajstić information content (AvgIpc) is 1.93. The SMILES string of the molecule is CN(C)/C=C(/Cl)CC=[N+](C)C.F[P-](F)(F)(F)(F)F. The third kappa shape index (κ3) is 45.1.